The molecule has 0 bridgehead atoms. The molecule has 2 nitrogen and oxygen atoms in total. The summed E-state index contributed by atoms with van der Waals surface area (Å²) in [6.07, 6.45) is 4.08. The van der Waals surface area contributed by atoms with E-state index >= 15 is 0 Å². The van der Waals surface area contributed by atoms with Crippen LogP contribution in [0.2, 0.25) is 5.02 Å². The number of rotatable bonds is 4. The molecule has 0 aliphatic carbocycles. The standard InChI is InChI=1S/C18H17BrClNO/c1-3-12(2)14(15-10-18(19)21-11-16(15)20)9-17(22)13-7-5-4-6-8-13/h4-11,22H,3H2,1-2H3/p-1/b14-12?,17-9-. The van der Waals surface area contributed by atoms with Gasteiger partial charge in [0.1, 0.15) is 4.60 Å². The summed E-state index contributed by atoms with van der Waals surface area (Å²) in [6, 6.07) is 11.1. The molecular formula is C18H16BrClNO-. The van der Waals surface area contributed by atoms with Crippen molar-refractivity contribution in [3.05, 3.63) is 75.0 Å². The third-order valence-electron chi connectivity index (χ3n) is 3.44. The van der Waals surface area contributed by atoms with Gasteiger partial charge in [-0.2, -0.15) is 0 Å². The van der Waals surface area contributed by atoms with E-state index in [4.69, 9.17) is 11.6 Å². The molecule has 0 atom stereocenters. The van der Waals surface area contributed by atoms with E-state index in [0.717, 1.165) is 23.1 Å². The quantitative estimate of drug-likeness (QED) is 0.423. The zero-order valence-corrected chi connectivity index (χ0v) is 14.8. The van der Waals surface area contributed by atoms with Crippen molar-refractivity contribution in [1.29, 1.82) is 0 Å². The maximum Gasteiger partial charge on any atom is 0.106 e. The number of pyridine rings is 1. The minimum atomic E-state index is -0.0348. The molecule has 0 spiro atoms. The number of nitrogens with zero attached hydrogens (tertiary/aromatic N) is 1. The molecule has 114 valence electrons. The average molecular weight is 378 g/mol. The topological polar surface area (TPSA) is 36.0 Å². The fourth-order valence-corrected chi connectivity index (χ4v) is 2.59. The molecule has 0 aliphatic heterocycles. The van der Waals surface area contributed by atoms with Gasteiger partial charge in [-0.1, -0.05) is 60.5 Å². The van der Waals surface area contributed by atoms with Gasteiger partial charge < -0.3 is 5.11 Å². The van der Waals surface area contributed by atoms with Crippen molar-refractivity contribution in [3.8, 4) is 0 Å². The molecule has 0 amide bonds. The average Bonchev–Trinajstić information content (AvgIpc) is 2.55. The summed E-state index contributed by atoms with van der Waals surface area (Å²) >= 11 is 9.63. The van der Waals surface area contributed by atoms with Gasteiger partial charge in [-0.05, 0) is 46.5 Å². The van der Waals surface area contributed by atoms with Crippen molar-refractivity contribution in [2.24, 2.45) is 0 Å². The second-order valence-corrected chi connectivity index (χ2v) is 6.13. The van der Waals surface area contributed by atoms with E-state index in [1.807, 2.05) is 43.3 Å². The Kier molecular flexibility index (Phi) is 5.81. The van der Waals surface area contributed by atoms with Crippen LogP contribution in [0.25, 0.3) is 11.3 Å². The van der Waals surface area contributed by atoms with E-state index in [0.29, 0.717) is 15.2 Å². The van der Waals surface area contributed by atoms with Crippen molar-refractivity contribution in [2.45, 2.75) is 20.3 Å². The van der Waals surface area contributed by atoms with Crippen LogP contribution in [0.3, 0.4) is 0 Å². The number of benzene rings is 1. The van der Waals surface area contributed by atoms with Crippen LogP contribution in [0.5, 0.6) is 0 Å². The first-order valence-corrected chi connectivity index (χ1v) is 8.15. The van der Waals surface area contributed by atoms with Gasteiger partial charge in [0.25, 0.3) is 0 Å². The zero-order chi connectivity index (χ0) is 16.1. The van der Waals surface area contributed by atoms with Gasteiger partial charge in [0.15, 0.2) is 0 Å². The zero-order valence-electron chi connectivity index (χ0n) is 12.4. The highest BCUT2D eigenvalue weighted by Crippen LogP contribution is 2.31. The fraction of sp³-hybridized carbons (Fsp3) is 0.167. The molecule has 1 heterocycles. The molecule has 2 rings (SSSR count). The third kappa shape index (κ3) is 3.99. The monoisotopic (exact) mass is 376 g/mol. The van der Waals surface area contributed by atoms with Gasteiger partial charge in [0, 0.05) is 11.8 Å². The highest BCUT2D eigenvalue weighted by Gasteiger charge is 2.09. The summed E-state index contributed by atoms with van der Waals surface area (Å²) in [7, 11) is 0. The molecule has 0 saturated carbocycles. The van der Waals surface area contributed by atoms with Crippen LogP contribution < -0.4 is 5.11 Å². The number of hydrogen-bond acceptors (Lipinski definition) is 2. The van der Waals surface area contributed by atoms with E-state index in [1.165, 1.54) is 0 Å². The van der Waals surface area contributed by atoms with Crippen molar-refractivity contribution >= 4 is 38.9 Å². The Labute approximate surface area is 144 Å². The second-order valence-electron chi connectivity index (χ2n) is 4.91. The summed E-state index contributed by atoms with van der Waals surface area (Å²) in [5.41, 5.74) is 3.43. The molecule has 4 heteroatoms. The smallest absolute Gasteiger partial charge is 0.106 e. The number of halogens is 2. The first kappa shape index (κ1) is 16.8. The lowest BCUT2D eigenvalue weighted by Gasteiger charge is -2.16. The molecule has 0 unspecified atom stereocenters. The van der Waals surface area contributed by atoms with Crippen molar-refractivity contribution < 1.29 is 5.11 Å². The fourth-order valence-electron chi connectivity index (χ4n) is 2.06. The Morgan fingerprint density at radius 1 is 1.32 bits per heavy atom. The van der Waals surface area contributed by atoms with Gasteiger partial charge in [-0.15, -0.1) is 5.76 Å². The Morgan fingerprint density at radius 2 is 2.00 bits per heavy atom. The SMILES string of the molecule is CCC(C)=C(/C=C(\[O-])c1ccccc1)c1cc(Br)ncc1Cl. The van der Waals surface area contributed by atoms with Crippen LogP contribution in [-0.4, -0.2) is 4.98 Å². The Hall–Kier alpha value is -1.58. The molecule has 22 heavy (non-hydrogen) atoms. The third-order valence-corrected chi connectivity index (χ3v) is 4.17. The number of allylic oxidation sites excluding steroid dienone is 3. The summed E-state index contributed by atoms with van der Waals surface area (Å²) in [5, 5.41) is 13.0. The molecular weight excluding hydrogens is 362 g/mol. The predicted molar refractivity (Wildman–Crippen MR) is 94.3 cm³/mol. The van der Waals surface area contributed by atoms with Crippen LogP contribution in [0.1, 0.15) is 31.4 Å². The first-order valence-electron chi connectivity index (χ1n) is 6.98. The summed E-state index contributed by atoms with van der Waals surface area (Å²) in [5.74, 6) is -0.0348. The van der Waals surface area contributed by atoms with Crippen molar-refractivity contribution in [2.75, 3.05) is 0 Å². The van der Waals surface area contributed by atoms with Gasteiger partial charge in [0.2, 0.25) is 0 Å². The molecule has 0 N–H and O–H groups in total. The van der Waals surface area contributed by atoms with Gasteiger partial charge in [-0.25, -0.2) is 4.98 Å². The molecule has 2 aromatic rings. The Morgan fingerprint density at radius 3 is 2.64 bits per heavy atom. The van der Waals surface area contributed by atoms with Crippen molar-refractivity contribution in [3.63, 3.8) is 0 Å². The van der Waals surface area contributed by atoms with Gasteiger partial charge in [0.05, 0.1) is 5.02 Å². The van der Waals surface area contributed by atoms with Crippen molar-refractivity contribution in [1.82, 2.24) is 4.98 Å². The highest BCUT2D eigenvalue weighted by molar-refractivity contribution is 9.10. The maximum atomic E-state index is 12.5. The van der Waals surface area contributed by atoms with Crippen LogP contribution in [-0.2, 0) is 0 Å². The van der Waals surface area contributed by atoms with E-state index in [-0.39, 0.29) is 5.76 Å². The highest BCUT2D eigenvalue weighted by atomic mass is 79.9. The molecule has 0 aliphatic rings. The lowest BCUT2D eigenvalue weighted by atomic mass is 9.98. The predicted octanol–water partition coefficient (Wildman–Crippen LogP) is 5.08. The second kappa shape index (κ2) is 7.61. The van der Waals surface area contributed by atoms with Gasteiger partial charge in [-0.3, -0.25) is 0 Å². The van der Waals surface area contributed by atoms with Crippen LogP contribution in [0.15, 0.2) is 58.8 Å². The molecule has 0 saturated heterocycles. The first-order chi connectivity index (χ1) is 10.5. The normalized spacial score (nSPS) is 13.0. The molecule has 1 aromatic carbocycles. The maximum absolute atomic E-state index is 12.5. The molecule has 0 radical (unpaired) electrons. The Balaban J connectivity index is 2.56. The lowest BCUT2D eigenvalue weighted by molar-refractivity contribution is -0.243. The summed E-state index contributed by atoms with van der Waals surface area (Å²) < 4.78 is 0.689. The van der Waals surface area contributed by atoms with Crippen LogP contribution in [0.4, 0.5) is 0 Å². The minimum Gasteiger partial charge on any atom is -0.872 e. The summed E-state index contributed by atoms with van der Waals surface area (Å²) in [6.45, 7) is 4.06. The molecule has 1 aromatic heterocycles. The minimum absolute atomic E-state index is 0.0348. The van der Waals surface area contributed by atoms with E-state index in [2.05, 4.69) is 27.8 Å². The van der Waals surface area contributed by atoms with Gasteiger partial charge >= 0.3 is 0 Å². The lowest BCUT2D eigenvalue weighted by Crippen LogP contribution is -2.03. The molecule has 0 fully saturated rings. The van der Waals surface area contributed by atoms with E-state index in [9.17, 15) is 5.11 Å². The van der Waals surface area contributed by atoms with E-state index in [1.54, 1.807) is 12.3 Å². The van der Waals surface area contributed by atoms with E-state index < -0.39 is 0 Å². The Bertz CT molecular complexity index is 723. The largest absolute Gasteiger partial charge is 0.872 e. The number of aromatic nitrogens is 1. The summed E-state index contributed by atoms with van der Waals surface area (Å²) in [4.78, 5) is 4.11. The van der Waals surface area contributed by atoms with Crippen LogP contribution >= 0.6 is 27.5 Å². The van der Waals surface area contributed by atoms with Crippen LogP contribution in [0, 0.1) is 0 Å². The number of hydrogen-bond donors (Lipinski definition) is 0.